The predicted octanol–water partition coefficient (Wildman–Crippen LogP) is 4.28. The Bertz CT molecular complexity index is 1060. The van der Waals surface area contributed by atoms with Crippen LogP contribution in [0.1, 0.15) is 13.3 Å². The lowest BCUT2D eigenvalue weighted by molar-refractivity contribution is 0.262. The Morgan fingerprint density at radius 3 is 2.34 bits per heavy atom. The monoisotopic (exact) mass is 397 g/mol. The van der Waals surface area contributed by atoms with Crippen molar-refractivity contribution in [1.29, 1.82) is 0 Å². The molecular weight excluding hydrogens is 374 g/mol. The maximum Gasteiger partial charge on any atom is 0.362 e. The molecule has 29 heavy (non-hydrogen) atoms. The highest BCUT2D eigenvalue weighted by Crippen LogP contribution is 2.29. The van der Waals surface area contributed by atoms with Crippen LogP contribution in [0.15, 0.2) is 51.7 Å². The maximum atomic E-state index is 12.6. The largest absolute Gasteiger partial charge is 0.497 e. The molecule has 0 fully saturated rings. The van der Waals surface area contributed by atoms with Gasteiger partial charge in [-0.25, -0.2) is 9.59 Å². The quantitative estimate of drug-likeness (QED) is 0.515. The van der Waals surface area contributed by atoms with Crippen molar-refractivity contribution in [2.24, 2.45) is 0 Å². The van der Waals surface area contributed by atoms with Crippen molar-refractivity contribution in [3.8, 4) is 11.5 Å². The van der Waals surface area contributed by atoms with Gasteiger partial charge < -0.3 is 24.5 Å². The van der Waals surface area contributed by atoms with Gasteiger partial charge in [0.2, 0.25) is 0 Å². The van der Waals surface area contributed by atoms with E-state index in [-0.39, 0.29) is 5.69 Å². The molecule has 0 atom stereocenters. The Morgan fingerprint density at radius 2 is 1.69 bits per heavy atom. The van der Waals surface area contributed by atoms with Crippen LogP contribution in [0.5, 0.6) is 11.5 Å². The van der Waals surface area contributed by atoms with E-state index in [0.717, 1.165) is 6.42 Å². The summed E-state index contributed by atoms with van der Waals surface area (Å²) in [5.74, 6) is 1.05. The summed E-state index contributed by atoms with van der Waals surface area (Å²) in [6, 6.07) is 11.5. The zero-order valence-electron chi connectivity index (χ0n) is 16.5. The van der Waals surface area contributed by atoms with Crippen LogP contribution in [0.25, 0.3) is 11.0 Å². The second kappa shape index (κ2) is 9.01. The Balaban J connectivity index is 1.92. The van der Waals surface area contributed by atoms with E-state index in [1.54, 1.807) is 30.3 Å². The highest BCUT2D eigenvalue weighted by Gasteiger charge is 2.17. The number of para-hydroxylation sites is 1. The number of rotatable bonds is 7. The number of hydrogen-bond acceptors (Lipinski definition) is 6. The molecule has 3 N–H and O–H groups in total. The topological polar surface area (TPSA) is 102 Å². The number of nitrogens with one attached hydrogen (secondary N) is 3. The van der Waals surface area contributed by atoms with Gasteiger partial charge in [0.15, 0.2) is 5.69 Å². The Labute approximate surface area is 167 Å². The third-order valence-electron chi connectivity index (χ3n) is 4.21. The summed E-state index contributed by atoms with van der Waals surface area (Å²) in [4.78, 5) is 25.1. The lowest BCUT2D eigenvalue weighted by atomic mass is 10.2. The molecule has 0 saturated carbocycles. The number of ether oxygens (including phenoxy) is 2. The normalized spacial score (nSPS) is 10.4. The van der Waals surface area contributed by atoms with Crippen LogP contribution in [0.2, 0.25) is 0 Å². The second-order valence-electron chi connectivity index (χ2n) is 6.24. The molecule has 3 rings (SSSR count). The minimum atomic E-state index is -0.638. The van der Waals surface area contributed by atoms with Crippen LogP contribution >= 0.6 is 0 Å². The molecule has 2 aromatic carbocycles. The van der Waals surface area contributed by atoms with Crippen LogP contribution in [0.4, 0.5) is 21.9 Å². The van der Waals surface area contributed by atoms with Crippen molar-refractivity contribution in [3.63, 3.8) is 0 Å². The Morgan fingerprint density at radius 1 is 1.00 bits per heavy atom. The van der Waals surface area contributed by atoms with Crippen molar-refractivity contribution in [3.05, 3.63) is 52.9 Å². The zero-order valence-corrected chi connectivity index (χ0v) is 16.5. The molecule has 8 nitrogen and oxygen atoms in total. The first-order chi connectivity index (χ1) is 14.0. The standard InChI is InChI=1S/C21H23N3O5/c1-4-9-22-18-16-7-5-6-8-17(16)29-20(25)19(18)24-21(26)23-13-10-14(27-2)12-15(11-13)28-3/h5-8,10-12,22H,4,9H2,1-3H3,(H2,23,24,26). The maximum absolute atomic E-state index is 12.6. The number of carbonyl (C=O) groups is 1. The van der Waals surface area contributed by atoms with Gasteiger partial charge in [0.25, 0.3) is 0 Å². The number of fused-ring (bicyclic) bond motifs is 1. The molecule has 152 valence electrons. The fraction of sp³-hybridized carbons (Fsp3) is 0.238. The average Bonchev–Trinajstić information content (AvgIpc) is 2.73. The summed E-state index contributed by atoms with van der Waals surface area (Å²) < 4.78 is 15.8. The van der Waals surface area contributed by atoms with Gasteiger partial charge >= 0.3 is 11.7 Å². The first kappa shape index (κ1) is 20.1. The first-order valence-electron chi connectivity index (χ1n) is 9.16. The van der Waals surface area contributed by atoms with Crippen LogP contribution in [-0.2, 0) is 0 Å². The number of anilines is 3. The smallest absolute Gasteiger partial charge is 0.362 e. The van der Waals surface area contributed by atoms with E-state index in [1.165, 1.54) is 14.2 Å². The molecule has 3 aromatic rings. The summed E-state index contributed by atoms with van der Waals surface area (Å²) in [7, 11) is 3.04. The van der Waals surface area contributed by atoms with Gasteiger partial charge in [0.05, 0.1) is 19.9 Å². The fourth-order valence-corrected chi connectivity index (χ4v) is 2.85. The molecule has 0 spiro atoms. The van der Waals surface area contributed by atoms with Crippen LogP contribution in [-0.4, -0.2) is 26.8 Å². The SMILES string of the molecule is CCCNc1c(NC(=O)Nc2cc(OC)cc(OC)c2)c(=O)oc2ccccc12. The highest BCUT2D eigenvalue weighted by molar-refractivity contribution is 6.05. The molecule has 1 heterocycles. The van der Waals surface area contributed by atoms with Crippen LogP contribution < -0.4 is 31.0 Å². The van der Waals surface area contributed by atoms with Crippen molar-refractivity contribution in [2.45, 2.75) is 13.3 Å². The predicted molar refractivity (Wildman–Crippen MR) is 113 cm³/mol. The fourth-order valence-electron chi connectivity index (χ4n) is 2.85. The van der Waals surface area contributed by atoms with E-state index in [1.807, 2.05) is 19.1 Å². The molecule has 2 amide bonds. The van der Waals surface area contributed by atoms with E-state index in [0.29, 0.717) is 40.4 Å². The minimum Gasteiger partial charge on any atom is -0.497 e. The van der Waals surface area contributed by atoms with E-state index >= 15 is 0 Å². The van der Waals surface area contributed by atoms with Gasteiger partial charge in [-0.2, -0.15) is 0 Å². The molecule has 0 saturated heterocycles. The van der Waals surface area contributed by atoms with Gasteiger partial charge in [0, 0.05) is 35.8 Å². The molecule has 0 bridgehead atoms. The molecule has 0 aliphatic carbocycles. The summed E-state index contributed by atoms with van der Waals surface area (Å²) in [5, 5.41) is 9.20. The van der Waals surface area contributed by atoms with Crippen molar-refractivity contribution in [2.75, 3.05) is 36.7 Å². The zero-order chi connectivity index (χ0) is 20.8. The molecule has 0 aliphatic heterocycles. The molecule has 8 heteroatoms. The highest BCUT2D eigenvalue weighted by atomic mass is 16.5. The summed E-state index contributed by atoms with van der Waals surface area (Å²) >= 11 is 0. The van der Waals surface area contributed by atoms with Gasteiger partial charge in [-0.05, 0) is 18.6 Å². The lowest BCUT2D eigenvalue weighted by Gasteiger charge is -2.15. The van der Waals surface area contributed by atoms with E-state index in [9.17, 15) is 9.59 Å². The van der Waals surface area contributed by atoms with E-state index < -0.39 is 11.7 Å². The van der Waals surface area contributed by atoms with E-state index in [2.05, 4.69) is 16.0 Å². The third-order valence-corrected chi connectivity index (χ3v) is 4.21. The Kier molecular flexibility index (Phi) is 6.23. The van der Waals surface area contributed by atoms with Crippen molar-refractivity contribution >= 4 is 34.1 Å². The van der Waals surface area contributed by atoms with Gasteiger partial charge in [0.1, 0.15) is 17.1 Å². The van der Waals surface area contributed by atoms with Gasteiger partial charge in [-0.15, -0.1) is 0 Å². The molecule has 1 aromatic heterocycles. The molecular formula is C21H23N3O5. The molecule has 0 aliphatic rings. The summed E-state index contributed by atoms with van der Waals surface area (Å²) in [6.07, 6.45) is 0.851. The van der Waals surface area contributed by atoms with E-state index in [4.69, 9.17) is 13.9 Å². The Hall–Kier alpha value is -3.68. The average molecular weight is 397 g/mol. The molecule has 0 radical (unpaired) electrons. The first-order valence-corrected chi connectivity index (χ1v) is 9.16. The molecule has 0 unspecified atom stereocenters. The number of carbonyl (C=O) groups excluding carboxylic acids is 1. The van der Waals surface area contributed by atoms with Crippen molar-refractivity contribution in [1.82, 2.24) is 0 Å². The number of benzene rings is 2. The second-order valence-corrected chi connectivity index (χ2v) is 6.24. The number of hydrogen-bond donors (Lipinski definition) is 3. The minimum absolute atomic E-state index is 0.0458. The van der Waals surface area contributed by atoms with Crippen molar-refractivity contribution < 1.29 is 18.7 Å². The van der Waals surface area contributed by atoms with Gasteiger partial charge in [-0.3, -0.25) is 5.32 Å². The summed E-state index contributed by atoms with van der Waals surface area (Å²) in [5.41, 5.74) is 0.828. The number of urea groups is 1. The van der Waals surface area contributed by atoms with Crippen LogP contribution in [0, 0.1) is 0 Å². The number of methoxy groups -OCH3 is 2. The van der Waals surface area contributed by atoms with Crippen LogP contribution in [0.3, 0.4) is 0 Å². The third kappa shape index (κ3) is 4.60. The van der Waals surface area contributed by atoms with Gasteiger partial charge in [-0.1, -0.05) is 19.1 Å². The summed E-state index contributed by atoms with van der Waals surface area (Å²) in [6.45, 7) is 2.65. The lowest BCUT2D eigenvalue weighted by Crippen LogP contribution is -2.24. The number of amides is 2.